The molecule has 0 unspecified atom stereocenters. The number of aromatic nitrogens is 1. The van der Waals surface area contributed by atoms with E-state index in [9.17, 15) is 4.79 Å². The Morgan fingerprint density at radius 2 is 1.67 bits per heavy atom. The van der Waals surface area contributed by atoms with Crippen LogP contribution in [0.15, 0.2) is 59.1 Å². The maximum absolute atomic E-state index is 13.6. The number of ether oxygens (including phenoxy) is 2. The Kier molecular flexibility index (Phi) is 6.58. The Morgan fingerprint density at radius 3 is 2.33 bits per heavy atom. The highest BCUT2D eigenvalue weighted by molar-refractivity contribution is 9.10. The maximum Gasteiger partial charge on any atom is 0.256 e. The summed E-state index contributed by atoms with van der Waals surface area (Å²) in [5.41, 5.74) is 5.41. The second kappa shape index (κ2) is 9.41. The summed E-state index contributed by atoms with van der Waals surface area (Å²) in [4.78, 5) is 18.4. The minimum absolute atomic E-state index is 0.273. The van der Waals surface area contributed by atoms with Crippen molar-refractivity contribution < 1.29 is 14.3 Å². The molecule has 0 bridgehead atoms. The van der Waals surface area contributed by atoms with Gasteiger partial charge < -0.3 is 14.8 Å². The number of rotatable bonds is 5. The number of pyridine rings is 1. The normalized spacial score (nSPS) is 10.8. The van der Waals surface area contributed by atoms with Gasteiger partial charge in [0.15, 0.2) is 0 Å². The number of nitrogens with zero attached hydrogens (tertiary/aromatic N) is 1. The monoisotopic (exact) mass is 524 g/mol. The molecule has 0 spiro atoms. The van der Waals surface area contributed by atoms with Crippen molar-refractivity contribution in [2.45, 2.75) is 13.8 Å². The van der Waals surface area contributed by atoms with Crippen molar-refractivity contribution in [3.8, 4) is 22.8 Å². The third-order valence-corrected chi connectivity index (χ3v) is 6.23. The fourth-order valence-corrected chi connectivity index (χ4v) is 4.40. The lowest BCUT2D eigenvalue weighted by molar-refractivity contribution is 0.102. The van der Waals surface area contributed by atoms with E-state index in [1.165, 1.54) is 0 Å². The van der Waals surface area contributed by atoms with E-state index >= 15 is 0 Å². The van der Waals surface area contributed by atoms with Crippen LogP contribution in [0.25, 0.3) is 22.2 Å². The van der Waals surface area contributed by atoms with Crippen LogP contribution in [-0.2, 0) is 0 Å². The summed E-state index contributed by atoms with van der Waals surface area (Å²) in [7, 11) is 3.12. The molecule has 3 aromatic carbocycles. The van der Waals surface area contributed by atoms with E-state index in [0.717, 1.165) is 32.1 Å². The Balaban J connectivity index is 1.87. The van der Waals surface area contributed by atoms with Gasteiger partial charge in [0.1, 0.15) is 11.5 Å². The Morgan fingerprint density at radius 1 is 0.970 bits per heavy atom. The molecule has 0 aliphatic heterocycles. The van der Waals surface area contributed by atoms with Gasteiger partial charge in [-0.25, -0.2) is 4.98 Å². The summed E-state index contributed by atoms with van der Waals surface area (Å²) in [6.07, 6.45) is 0. The summed E-state index contributed by atoms with van der Waals surface area (Å²) in [5.74, 6) is 0.823. The molecule has 0 saturated heterocycles. The summed E-state index contributed by atoms with van der Waals surface area (Å²) >= 11 is 9.51. The molecule has 0 aliphatic carbocycles. The van der Waals surface area contributed by atoms with Crippen molar-refractivity contribution in [1.29, 1.82) is 0 Å². The van der Waals surface area contributed by atoms with E-state index in [-0.39, 0.29) is 5.91 Å². The van der Waals surface area contributed by atoms with Crippen molar-refractivity contribution in [3.63, 3.8) is 0 Å². The third kappa shape index (κ3) is 4.68. The molecule has 33 heavy (non-hydrogen) atoms. The van der Waals surface area contributed by atoms with Crippen LogP contribution >= 0.6 is 27.5 Å². The predicted molar refractivity (Wildman–Crippen MR) is 137 cm³/mol. The zero-order valence-electron chi connectivity index (χ0n) is 18.6. The van der Waals surface area contributed by atoms with Crippen LogP contribution in [0.3, 0.4) is 0 Å². The molecule has 0 fully saturated rings. The molecule has 4 aromatic rings. The molecule has 7 heteroatoms. The van der Waals surface area contributed by atoms with Crippen LogP contribution in [0.5, 0.6) is 11.5 Å². The molecule has 0 aliphatic rings. The van der Waals surface area contributed by atoms with Crippen LogP contribution in [0.2, 0.25) is 5.02 Å². The van der Waals surface area contributed by atoms with Crippen LogP contribution in [0.4, 0.5) is 5.69 Å². The Labute approximate surface area is 205 Å². The number of halogens is 2. The van der Waals surface area contributed by atoms with Gasteiger partial charge in [-0.2, -0.15) is 0 Å². The van der Waals surface area contributed by atoms with Gasteiger partial charge in [0.25, 0.3) is 5.91 Å². The van der Waals surface area contributed by atoms with Crippen molar-refractivity contribution in [2.24, 2.45) is 0 Å². The number of methoxy groups -OCH3 is 2. The van der Waals surface area contributed by atoms with E-state index in [1.54, 1.807) is 26.4 Å². The van der Waals surface area contributed by atoms with Crippen LogP contribution in [-0.4, -0.2) is 25.1 Å². The molecule has 0 radical (unpaired) electrons. The number of benzene rings is 3. The molecular formula is C26H22BrClN2O3. The lowest BCUT2D eigenvalue weighted by Crippen LogP contribution is -2.14. The Hall–Kier alpha value is -3.09. The predicted octanol–water partition coefficient (Wildman–Crippen LogP) is 7.20. The molecule has 5 nitrogen and oxygen atoms in total. The topological polar surface area (TPSA) is 60.5 Å². The third-order valence-electron chi connectivity index (χ3n) is 5.36. The highest BCUT2D eigenvalue weighted by Gasteiger charge is 2.19. The molecule has 1 N–H and O–H groups in total. The largest absolute Gasteiger partial charge is 0.495 e. The fourth-order valence-electron chi connectivity index (χ4n) is 3.79. The zero-order chi connectivity index (χ0) is 23.7. The van der Waals surface area contributed by atoms with Crippen LogP contribution < -0.4 is 14.8 Å². The number of aryl methyl sites for hydroxylation is 2. The van der Waals surface area contributed by atoms with Crippen molar-refractivity contribution >= 4 is 50.0 Å². The molecule has 0 atom stereocenters. The first kappa shape index (κ1) is 23.1. The van der Waals surface area contributed by atoms with Crippen molar-refractivity contribution in [1.82, 2.24) is 4.98 Å². The molecular weight excluding hydrogens is 504 g/mol. The van der Waals surface area contributed by atoms with Gasteiger partial charge in [-0.15, -0.1) is 0 Å². The first-order chi connectivity index (χ1) is 15.8. The minimum atomic E-state index is -0.273. The van der Waals surface area contributed by atoms with E-state index in [0.29, 0.717) is 33.5 Å². The van der Waals surface area contributed by atoms with E-state index in [2.05, 4.69) is 27.3 Å². The number of carbonyl (C=O) groups is 1. The summed E-state index contributed by atoms with van der Waals surface area (Å²) in [6.45, 7) is 4.00. The highest BCUT2D eigenvalue weighted by Crippen LogP contribution is 2.37. The number of nitrogens with one attached hydrogen (secondary N) is 1. The number of anilines is 1. The van der Waals surface area contributed by atoms with Gasteiger partial charge in [0.2, 0.25) is 0 Å². The first-order valence-corrected chi connectivity index (χ1v) is 11.4. The lowest BCUT2D eigenvalue weighted by atomic mass is 9.99. The molecule has 168 valence electrons. The Bertz CT molecular complexity index is 1370. The molecule has 1 heterocycles. The second-order valence-electron chi connectivity index (χ2n) is 7.68. The molecule has 1 amide bonds. The molecule has 0 saturated carbocycles. The van der Waals surface area contributed by atoms with Gasteiger partial charge in [-0.3, -0.25) is 4.79 Å². The number of carbonyl (C=O) groups excluding carboxylic acids is 1. The summed E-state index contributed by atoms with van der Waals surface area (Å²) in [5, 5.41) is 4.41. The van der Waals surface area contributed by atoms with Gasteiger partial charge in [-0.05, 0) is 59.6 Å². The second-order valence-corrected chi connectivity index (χ2v) is 8.97. The molecule has 4 rings (SSSR count). The highest BCUT2D eigenvalue weighted by atomic mass is 79.9. The SMILES string of the molecule is COc1cc(NC(=O)c2cc(-c3ccc(Cl)cc3)nc3c(C)cc(C)cc23)c(OC)cc1Br. The van der Waals surface area contributed by atoms with E-state index < -0.39 is 0 Å². The number of fused-ring (bicyclic) bond motifs is 1. The zero-order valence-corrected chi connectivity index (χ0v) is 21.0. The quantitative estimate of drug-likeness (QED) is 0.299. The van der Waals surface area contributed by atoms with Crippen molar-refractivity contribution in [3.05, 3.63) is 80.8 Å². The molecule has 1 aromatic heterocycles. The lowest BCUT2D eigenvalue weighted by Gasteiger charge is -2.15. The summed E-state index contributed by atoms with van der Waals surface area (Å²) < 4.78 is 11.6. The minimum Gasteiger partial charge on any atom is -0.495 e. The van der Waals surface area contributed by atoms with Crippen LogP contribution in [0.1, 0.15) is 21.5 Å². The van der Waals surface area contributed by atoms with Gasteiger partial charge >= 0.3 is 0 Å². The average molecular weight is 526 g/mol. The number of hydrogen-bond donors (Lipinski definition) is 1. The maximum atomic E-state index is 13.6. The average Bonchev–Trinajstić information content (AvgIpc) is 2.79. The van der Waals surface area contributed by atoms with E-state index in [4.69, 9.17) is 26.1 Å². The smallest absolute Gasteiger partial charge is 0.256 e. The van der Waals surface area contributed by atoms with Gasteiger partial charge in [-0.1, -0.05) is 35.4 Å². The summed E-state index contributed by atoms with van der Waals surface area (Å²) in [6, 6.07) is 16.7. The first-order valence-electron chi connectivity index (χ1n) is 10.2. The van der Waals surface area contributed by atoms with Gasteiger partial charge in [0, 0.05) is 28.1 Å². The number of amides is 1. The number of hydrogen-bond acceptors (Lipinski definition) is 4. The fraction of sp³-hybridized carbons (Fsp3) is 0.154. The standard InChI is InChI=1S/C26H22BrClN2O3/c1-14-9-15(2)25-18(10-14)19(11-21(29-25)16-5-7-17(28)8-6-16)26(31)30-22-13-23(32-3)20(27)12-24(22)33-4/h5-13H,1-4H3,(H,30,31). The van der Waals surface area contributed by atoms with Crippen LogP contribution in [0, 0.1) is 13.8 Å². The van der Waals surface area contributed by atoms with Gasteiger partial charge in [0.05, 0.1) is 41.2 Å². The van der Waals surface area contributed by atoms with E-state index in [1.807, 2.05) is 50.2 Å². The van der Waals surface area contributed by atoms with Crippen molar-refractivity contribution in [2.75, 3.05) is 19.5 Å².